The van der Waals surface area contributed by atoms with Crippen LogP contribution in [-0.2, 0) is 4.79 Å². The third-order valence-electron chi connectivity index (χ3n) is 0.774. The maximum absolute atomic E-state index is 9.00. The van der Waals surface area contributed by atoms with Gasteiger partial charge in [-0.15, -0.1) is 5.69 Å². The average molecular weight is 175 g/mol. The number of carbonyl (C=O) groups is 1. The van der Waals surface area contributed by atoms with Crippen LogP contribution in [0, 0.1) is 0 Å². The number of carboxylic acids is 1. The van der Waals surface area contributed by atoms with E-state index in [1.165, 1.54) is 0 Å². The monoisotopic (exact) mass is 175 g/mol. The second kappa shape index (κ2) is 8.59. The van der Waals surface area contributed by atoms with Crippen molar-refractivity contribution in [2.45, 2.75) is 6.92 Å². The summed E-state index contributed by atoms with van der Waals surface area (Å²) in [5.74, 6) is -0.833. The van der Waals surface area contributed by atoms with Crippen LogP contribution in [0.4, 0.5) is 5.69 Å². The molecule has 3 nitrogen and oxygen atoms in total. The second-order valence-electron chi connectivity index (χ2n) is 1.89. The Kier molecular flexibility index (Phi) is 10.0. The van der Waals surface area contributed by atoms with Crippen LogP contribution in [0.15, 0.2) is 30.3 Å². The van der Waals surface area contributed by atoms with Gasteiger partial charge in [0.25, 0.3) is 5.97 Å². The molecule has 0 atom stereocenters. The number of hydrogen-bond acceptors (Lipinski definition) is 1. The van der Waals surface area contributed by atoms with E-state index in [-0.39, 0.29) is 29.6 Å². The topological polar surface area (TPSA) is 61.1 Å². The van der Waals surface area contributed by atoms with Crippen LogP contribution >= 0.6 is 0 Å². The van der Waals surface area contributed by atoms with Gasteiger partial charge in [-0.25, -0.2) is 0 Å². The van der Waals surface area contributed by atoms with Crippen molar-refractivity contribution >= 4 is 11.7 Å². The number of aliphatic carboxylic acids is 1. The van der Waals surface area contributed by atoms with E-state index in [2.05, 4.69) is 0 Å². The smallest absolute Gasteiger partial charge is 0.699 e. The Morgan fingerprint density at radius 2 is 1.67 bits per heavy atom. The molecule has 0 aliphatic carbocycles. The quantitative estimate of drug-likeness (QED) is 0.538. The fourth-order valence-electron chi connectivity index (χ4n) is 0.438. The van der Waals surface area contributed by atoms with Gasteiger partial charge in [0.05, 0.1) is 0 Å². The van der Waals surface area contributed by atoms with Gasteiger partial charge in [-0.05, 0) is 0 Å². The summed E-state index contributed by atoms with van der Waals surface area (Å²) >= 11 is 0. The molecule has 0 aliphatic heterocycles. The zero-order valence-electron chi connectivity index (χ0n) is 7.24. The zero-order chi connectivity index (χ0) is 8.69. The molecule has 0 saturated heterocycles. The summed E-state index contributed by atoms with van der Waals surface area (Å²) < 4.78 is 0. The minimum absolute atomic E-state index is 0. The van der Waals surface area contributed by atoms with E-state index in [1.54, 1.807) is 12.1 Å². The van der Waals surface area contributed by atoms with Crippen LogP contribution < -0.4 is 29.6 Å². The van der Waals surface area contributed by atoms with Crippen LogP contribution in [0.25, 0.3) is 5.73 Å². The van der Waals surface area contributed by atoms with E-state index in [0.717, 1.165) is 6.92 Å². The molecule has 1 aromatic rings. The van der Waals surface area contributed by atoms with Gasteiger partial charge >= 0.3 is 29.6 Å². The van der Waals surface area contributed by atoms with Crippen molar-refractivity contribution in [3.8, 4) is 0 Å². The van der Waals surface area contributed by atoms with Crippen molar-refractivity contribution in [1.82, 2.24) is 0 Å². The van der Waals surface area contributed by atoms with E-state index in [4.69, 9.17) is 15.6 Å². The molecule has 0 amide bonds. The molecule has 2 N–H and O–H groups in total. The van der Waals surface area contributed by atoms with Crippen molar-refractivity contribution in [3.63, 3.8) is 0 Å². The average Bonchev–Trinajstić information content (AvgIpc) is 1.87. The number of hydrogen-bond donors (Lipinski definition) is 1. The van der Waals surface area contributed by atoms with Gasteiger partial charge in [0, 0.05) is 6.92 Å². The van der Waals surface area contributed by atoms with Gasteiger partial charge in [-0.1, -0.05) is 30.3 Å². The van der Waals surface area contributed by atoms with Gasteiger partial charge in [0.2, 0.25) is 0 Å². The molecule has 0 aromatic heterocycles. The molecule has 0 bridgehead atoms. The molecule has 60 valence electrons. The summed E-state index contributed by atoms with van der Waals surface area (Å²) in [6.07, 6.45) is 0. The predicted molar refractivity (Wildman–Crippen MR) is 43.7 cm³/mol. The van der Waals surface area contributed by atoms with Gasteiger partial charge in [0.1, 0.15) is 0 Å². The largest absolute Gasteiger partial charge is 1.00 e. The van der Waals surface area contributed by atoms with E-state index < -0.39 is 5.97 Å². The molecule has 1 aromatic carbocycles. The minimum Gasteiger partial charge on any atom is -0.699 e. The van der Waals surface area contributed by atoms with E-state index in [9.17, 15) is 0 Å². The Balaban J connectivity index is 0. The second-order valence-corrected chi connectivity index (χ2v) is 1.89. The van der Waals surface area contributed by atoms with E-state index >= 15 is 0 Å². The third kappa shape index (κ3) is 12.2. The van der Waals surface area contributed by atoms with Crippen LogP contribution in [0.2, 0.25) is 0 Å². The number of rotatable bonds is 0. The van der Waals surface area contributed by atoms with Crippen LogP contribution in [-0.4, -0.2) is 11.1 Å². The van der Waals surface area contributed by atoms with Gasteiger partial charge in [-0.2, -0.15) is 0 Å². The van der Waals surface area contributed by atoms with Crippen LogP contribution in [0.1, 0.15) is 6.92 Å². The summed E-state index contributed by atoms with van der Waals surface area (Å²) in [5.41, 5.74) is 7.57. The standard InChI is InChI=1S/C6H6N.C2H4O2.Na/c7-6-4-2-1-3-5-6;1-2(3)4;/h1-5,7H;1H3,(H,3,4);/q-1;;+1. The summed E-state index contributed by atoms with van der Waals surface area (Å²) in [5, 5.41) is 7.42. The van der Waals surface area contributed by atoms with E-state index in [0.29, 0.717) is 5.69 Å². The molecule has 4 heteroatoms. The summed E-state index contributed by atoms with van der Waals surface area (Å²) in [6.45, 7) is 1.08. The first-order chi connectivity index (χ1) is 5.13. The molecule has 12 heavy (non-hydrogen) atoms. The van der Waals surface area contributed by atoms with Crippen molar-refractivity contribution in [2.75, 3.05) is 0 Å². The summed E-state index contributed by atoms with van der Waals surface area (Å²) in [6, 6.07) is 9.10. The molecular weight excluding hydrogens is 165 g/mol. The van der Waals surface area contributed by atoms with Crippen molar-refractivity contribution < 1.29 is 39.5 Å². The SMILES string of the molecule is CC(=O)O.[NH-]c1ccccc1.[Na+]. The summed E-state index contributed by atoms with van der Waals surface area (Å²) in [4.78, 5) is 9.00. The maximum Gasteiger partial charge on any atom is 1.00 e. The number of nitrogens with one attached hydrogen (secondary N) is 1. The van der Waals surface area contributed by atoms with Gasteiger partial charge in [-0.3, -0.25) is 4.79 Å². The summed E-state index contributed by atoms with van der Waals surface area (Å²) in [7, 11) is 0. The molecule has 0 radical (unpaired) electrons. The Labute approximate surface area is 93.9 Å². The maximum atomic E-state index is 9.00. The third-order valence-corrected chi connectivity index (χ3v) is 0.774. The molecule has 0 aliphatic rings. The molecule has 0 saturated carbocycles. The minimum atomic E-state index is -0.833. The molecule has 0 heterocycles. The fourth-order valence-corrected chi connectivity index (χ4v) is 0.438. The fraction of sp³-hybridized carbons (Fsp3) is 0.125. The molecule has 0 unspecified atom stereocenters. The van der Waals surface area contributed by atoms with E-state index in [1.807, 2.05) is 18.2 Å². The Bertz CT molecular complexity index is 210. The first-order valence-corrected chi connectivity index (χ1v) is 3.09. The first-order valence-electron chi connectivity index (χ1n) is 3.09. The Hall–Kier alpha value is -0.510. The molecule has 1 rings (SSSR count). The van der Waals surface area contributed by atoms with Crippen molar-refractivity contribution in [3.05, 3.63) is 36.1 Å². The van der Waals surface area contributed by atoms with Gasteiger partial charge < -0.3 is 10.8 Å². The number of carboxylic acid groups (broad SMARTS) is 1. The molecule has 0 fully saturated rings. The molecular formula is C8H10NNaO2. The van der Waals surface area contributed by atoms with Gasteiger partial charge in [0.15, 0.2) is 0 Å². The Morgan fingerprint density at radius 3 is 1.83 bits per heavy atom. The zero-order valence-corrected chi connectivity index (χ0v) is 9.24. The van der Waals surface area contributed by atoms with Crippen molar-refractivity contribution in [1.29, 1.82) is 0 Å². The van der Waals surface area contributed by atoms with Crippen LogP contribution in [0.3, 0.4) is 0 Å². The first kappa shape index (κ1) is 14.0. The van der Waals surface area contributed by atoms with Crippen LogP contribution in [0.5, 0.6) is 0 Å². The van der Waals surface area contributed by atoms with Crippen molar-refractivity contribution in [2.24, 2.45) is 0 Å². The number of benzene rings is 1. The molecule has 0 spiro atoms. The Morgan fingerprint density at radius 1 is 1.33 bits per heavy atom. The predicted octanol–water partition coefficient (Wildman–Crippen LogP) is -0.535. The normalized spacial score (nSPS) is 7.08.